The molecule has 0 N–H and O–H groups in total. The highest BCUT2D eigenvalue weighted by Crippen LogP contribution is 2.20. The van der Waals surface area contributed by atoms with Crippen LogP contribution in [0.4, 0.5) is 0 Å². The molecule has 0 fully saturated rings. The predicted molar refractivity (Wildman–Crippen MR) is 94.3 cm³/mol. The predicted octanol–water partition coefficient (Wildman–Crippen LogP) is 3.45. The maximum atomic E-state index is 12.5. The van der Waals surface area contributed by atoms with E-state index in [0.29, 0.717) is 16.5 Å². The highest BCUT2D eigenvalue weighted by molar-refractivity contribution is 6.12. The van der Waals surface area contributed by atoms with Crippen LogP contribution < -0.4 is 5.43 Å². The van der Waals surface area contributed by atoms with Crippen molar-refractivity contribution in [3.8, 4) is 0 Å². The molecule has 0 unspecified atom stereocenters. The summed E-state index contributed by atoms with van der Waals surface area (Å²) in [6, 6.07) is 14.4. The minimum Gasteiger partial charge on any atom is -0.463 e. The Kier molecular flexibility index (Phi) is 3.54. The summed E-state index contributed by atoms with van der Waals surface area (Å²) in [5.41, 5.74) is 2.33. The molecule has 0 saturated carbocycles. The summed E-state index contributed by atoms with van der Waals surface area (Å²) in [5.74, 6) is -0.366. The van der Waals surface area contributed by atoms with Gasteiger partial charge >= 0.3 is 5.97 Å². The normalized spacial score (nSPS) is 15.5. The Morgan fingerprint density at radius 3 is 2.72 bits per heavy atom. The maximum absolute atomic E-state index is 12.5. The van der Waals surface area contributed by atoms with Crippen molar-refractivity contribution in [3.05, 3.63) is 87.4 Å². The van der Waals surface area contributed by atoms with Crippen molar-refractivity contribution in [1.29, 1.82) is 0 Å². The molecule has 25 heavy (non-hydrogen) atoms. The lowest BCUT2D eigenvalue weighted by Gasteiger charge is -1.99. The number of hydrogen-bond acceptors (Lipinski definition) is 5. The van der Waals surface area contributed by atoms with E-state index in [-0.39, 0.29) is 22.6 Å². The summed E-state index contributed by atoms with van der Waals surface area (Å²) in [5, 5.41) is 0.450. The second-order valence-electron chi connectivity index (χ2n) is 5.72. The number of ether oxygens (including phenoxy) is 1. The van der Waals surface area contributed by atoms with Gasteiger partial charge in [-0.1, -0.05) is 29.8 Å². The number of carbonyl (C=O) groups excluding carboxylic acids is 1. The number of para-hydroxylation sites is 1. The first kappa shape index (κ1) is 15.1. The zero-order valence-corrected chi connectivity index (χ0v) is 13.4. The number of aryl methyl sites for hydroxylation is 1. The quantitative estimate of drug-likeness (QED) is 0.533. The molecular weight excluding hydrogens is 318 g/mol. The molecule has 0 amide bonds. The van der Waals surface area contributed by atoms with E-state index in [4.69, 9.17) is 9.15 Å². The van der Waals surface area contributed by atoms with Gasteiger partial charge in [-0.2, -0.15) is 0 Å². The molecular formula is C20H13NO4. The maximum Gasteiger partial charge on any atom is 0.363 e. The second-order valence-corrected chi connectivity index (χ2v) is 5.72. The molecule has 3 aromatic rings. The summed E-state index contributed by atoms with van der Waals surface area (Å²) in [7, 11) is 0. The lowest BCUT2D eigenvalue weighted by Crippen LogP contribution is -2.07. The molecule has 0 radical (unpaired) electrons. The number of carbonyl (C=O) groups is 1. The van der Waals surface area contributed by atoms with Crippen molar-refractivity contribution in [2.45, 2.75) is 6.92 Å². The first-order valence-electron chi connectivity index (χ1n) is 7.72. The van der Waals surface area contributed by atoms with Crippen LogP contribution in [0.15, 0.2) is 74.7 Å². The monoisotopic (exact) mass is 331 g/mol. The molecule has 2 aromatic carbocycles. The Bertz CT molecular complexity index is 1120. The number of rotatable bonds is 2. The summed E-state index contributed by atoms with van der Waals surface area (Å²) in [4.78, 5) is 28.8. The average Bonchev–Trinajstić information content (AvgIpc) is 2.98. The van der Waals surface area contributed by atoms with Gasteiger partial charge in [-0.05, 0) is 37.3 Å². The van der Waals surface area contributed by atoms with E-state index in [1.807, 2.05) is 31.2 Å². The lowest BCUT2D eigenvalue weighted by atomic mass is 10.1. The van der Waals surface area contributed by atoms with Crippen LogP contribution in [0.5, 0.6) is 0 Å². The molecule has 0 aliphatic carbocycles. The number of esters is 1. The van der Waals surface area contributed by atoms with Crippen molar-refractivity contribution in [2.24, 2.45) is 4.99 Å². The van der Waals surface area contributed by atoms with Crippen LogP contribution in [-0.2, 0) is 9.53 Å². The van der Waals surface area contributed by atoms with Crippen LogP contribution >= 0.6 is 0 Å². The smallest absolute Gasteiger partial charge is 0.363 e. The Hall–Kier alpha value is -3.47. The molecule has 122 valence electrons. The number of benzene rings is 2. The largest absolute Gasteiger partial charge is 0.463 e. The minimum absolute atomic E-state index is 0.0686. The Balaban J connectivity index is 1.78. The Morgan fingerprint density at radius 1 is 1.04 bits per heavy atom. The van der Waals surface area contributed by atoms with Crippen molar-refractivity contribution in [3.63, 3.8) is 0 Å². The van der Waals surface area contributed by atoms with Crippen LogP contribution in [0, 0.1) is 6.92 Å². The van der Waals surface area contributed by atoms with Crippen molar-refractivity contribution >= 4 is 28.9 Å². The standard InChI is InChI=1S/C20H13NO4/c1-12-5-4-6-13(9-12)19-21-16(20(23)25-19)10-14-11-24-17-8-3-2-7-15(17)18(14)22/h2-11H,1H3. The molecule has 5 heteroatoms. The van der Waals surface area contributed by atoms with Crippen molar-refractivity contribution < 1.29 is 13.9 Å². The van der Waals surface area contributed by atoms with Crippen LogP contribution in [-0.4, -0.2) is 11.9 Å². The molecule has 5 nitrogen and oxygen atoms in total. The molecule has 0 bridgehead atoms. The van der Waals surface area contributed by atoms with Gasteiger partial charge in [0, 0.05) is 5.56 Å². The zero-order chi connectivity index (χ0) is 17.4. The van der Waals surface area contributed by atoms with Crippen LogP contribution in [0.2, 0.25) is 0 Å². The first-order valence-corrected chi connectivity index (χ1v) is 7.72. The van der Waals surface area contributed by atoms with Crippen molar-refractivity contribution in [2.75, 3.05) is 0 Å². The third-order valence-corrected chi connectivity index (χ3v) is 3.88. The molecule has 1 aliphatic rings. The molecule has 1 aliphatic heterocycles. The molecule has 0 spiro atoms. The number of cyclic esters (lactones) is 1. The van der Waals surface area contributed by atoms with E-state index in [2.05, 4.69) is 4.99 Å². The van der Waals surface area contributed by atoms with Gasteiger partial charge < -0.3 is 9.15 Å². The third kappa shape index (κ3) is 2.76. The minimum atomic E-state index is -0.593. The summed E-state index contributed by atoms with van der Waals surface area (Å²) < 4.78 is 10.7. The van der Waals surface area contributed by atoms with Gasteiger partial charge in [0.2, 0.25) is 5.90 Å². The molecule has 4 rings (SSSR count). The van der Waals surface area contributed by atoms with E-state index in [9.17, 15) is 9.59 Å². The highest BCUT2D eigenvalue weighted by Gasteiger charge is 2.24. The Labute approximate surface area is 142 Å². The van der Waals surface area contributed by atoms with Gasteiger partial charge in [0.05, 0.1) is 10.9 Å². The summed E-state index contributed by atoms with van der Waals surface area (Å²) in [6.45, 7) is 1.94. The first-order chi connectivity index (χ1) is 12.1. The topological polar surface area (TPSA) is 68.9 Å². The summed E-state index contributed by atoms with van der Waals surface area (Å²) in [6.07, 6.45) is 2.72. The number of nitrogens with zero attached hydrogens (tertiary/aromatic N) is 1. The van der Waals surface area contributed by atoms with Crippen LogP contribution in [0.3, 0.4) is 0 Å². The van der Waals surface area contributed by atoms with Crippen molar-refractivity contribution in [1.82, 2.24) is 0 Å². The SMILES string of the molecule is Cc1cccc(C2=NC(=Cc3coc4ccccc4c3=O)C(=O)O2)c1. The van der Waals surface area contributed by atoms with E-state index in [1.165, 1.54) is 12.3 Å². The number of fused-ring (bicyclic) bond motifs is 1. The second kappa shape index (κ2) is 5.87. The number of hydrogen-bond donors (Lipinski definition) is 0. The highest BCUT2D eigenvalue weighted by atomic mass is 16.6. The molecule has 0 saturated heterocycles. The fourth-order valence-electron chi connectivity index (χ4n) is 2.65. The zero-order valence-electron chi connectivity index (χ0n) is 13.4. The number of aliphatic imine (C=N–C) groups is 1. The van der Waals surface area contributed by atoms with Gasteiger partial charge in [0.1, 0.15) is 11.8 Å². The van der Waals surface area contributed by atoms with E-state index >= 15 is 0 Å². The lowest BCUT2D eigenvalue weighted by molar-refractivity contribution is -0.129. The van der Waals surface area contributed by atoms with Crippen LogP contribution in [0.25, 0.3) is 17.0 Å². The summed E-state index contributed by atoms with van der Waals surface area (Å²) >= 11 is 0. The molecule has 1 aromatic heterocycles. The van der Waals surface area contributed by atoms with Gasteiger partial charge in [0.15, 0.2) is 11.1 Å². The fourth-order valence-corrected chi connectivity index (χ4v) is 2.65. The molecule has 2 heterocycles. The van der Waals surface area contributed by atoms with Gasteiger partial charge in [-0.25, -0.2) is 9.79 Å². The van der Waals surface area contributed by atoms with Gasteiger partial charge in [0.25, 0.3) is 0 Å². The van der Waals surface area contributed by atoms with E-state index in [1.54, 1.807) is 24.3 Å². The van der Waals surface area contributed by atoms with Crippen LogP contribution in [0.1, 0.15) is 16.7 Å². The Morgan fingerprint density at radius 2 is 1.88 bits per heavy atom. The van der Waals surface area contributed by atoms with E-state index < -0.39 is 5.97 Å². The third-order valence-electron chi connectivity index (χ3n) is 3.88. The average molecular weight is 331 g/mol. The van der Waals surface area contributed by atoms with E-state index in [0.717, 1.165) is 5.56 Å². The molecule has 0 atom stereocenters. The van der Waals surface area contributed by atoms with Gasteiger partial charge in [-0.15, -0.1) is 0 Å². The fraction of sp³-hybridized carbons (Fsp3) is 0.0500. The van der Waals surface area contributed by atoms with Gasteiger partial charge in [-0.3, -0.25) is 4.79 Å².